The van der Waals surface area contributed by atoms with Crippen molar-refractivity contribution in [3.8, 4) is 0 Å². The predicted octanol–water partition coefficient (Wildman–Crippen LogP) is 3.87. The van der Waals surface area contributed by atoms with Gasteiger partial charge in [0.25, 0.3) is 0 Å². The van der Waals surface area contributed by atoms with Crippen LogP contribution in [-0.2, 0) is 36.4 Å². The second-order valence-electron chi connectivity index (χ2n) is 1.91. The summed E-state index contributed by atoms with van der Waals surface area (Å²) in [5.41, 5.74) is 0. The summed E-state index contributed by atoms with van der Waals surface area (Å²) in [4.78, 5) is 0. The Bertz CT molecular complexity index is 30.5. The van der Waals surface area contributed by atoms with Crippen LogP contribution in [0.3, 0.4) is 0 Å². The molecule has 78 valence electrons. The summed E-state index contributed by atoms with van der Waals surface area (Å²) < 4.78 is 0. The Hall–Kier alpha value is 1.90. The van der Waals surface area contributed by atoms with Crippen LogP contribution in [0, 0.1) is 39.5 Å². The molecule has 0 aliphatic heterocycles. The molecule has 0 aromatic heterocycles. The van der Waals surface area contributed by atoms with E-state index in [9.17, 15) is 0 Å². The average Bonchev–Trinajstić information content (AvgIpc) is 1.93. The van der Waals surface area contributed by atoms with Crippen molar-refractivity contribution in [1.29, 1.82) is 0 Å². The molecule has 0 spiro atoms. The van der Waals surface area contributed by atoms with Gasteiger partial charge in [0.2, 0.25) is 0 Å². The molecule has 0 unspecified atom stereocenters. The van der Waals surface area contributed by atoms with Gasteiger partial charge in [0.05, 0.1) is 0 Å². The van der Waals surface area contributed by atoms with E-state index in [4.69, 9.17) is 0 Å². The van der Waals surface area contributed by atoms with Crippen molar-refractivity contribution in [2.75, 3.05) is 0 Å². The molecule has 0 fully saturated rings. The van der Waals surface area contributed by atoms with Crippen molar-refractivity contribution in [3.63, 3.8) is 0 Å². The van der Waals surface area contributed by atoms with Crippen LogP contribution in [0.1, 0.15) is 13.8 Å². The second kappa shape index (κ2) is 29.3. The third kappa shape index (κ3) is 390. The summed E-state index contributed by atoms with van der Waals surface area (Å²) in [5, 5.41) is 0. The normalized spacial score (nSPS) is 7.17. The standard InChI is InChI=1S/2C4H7.2ClH.2Pd/c2*1-4(2)3;;;;/h2*1-2H2,3H3;2*1H;;/q;;;;2*+2/p-2. The van der Waals surface area contributed by atoms with Crippen molar-refractivity contribution >= 4 is 19.1 Å². The third-order valence-electron chi connectivity index (χ3n) is 0. The van der Waals surface area contributed by atoms with Crippen LogP contribution in [-0.4, -0.2) is 0 Å². The zero-order chi connectivity index (χ0) is 11.2. The first-order valence-electron chi connectivity index (χ1n) is 2.65. The fourth-order valence-electron chi connectivity index (χ4n) is 0. The molecule has 0 N–H and O–H groups in total. The number of hydrogen-bond donors (Lipinski definition) is 0. The molecule has 0 rings (SSSR count). The molecule has 0 heterocycles. The maximum absolute atomic E-state index is 4.49. The van der Waals surface area contributed by atoms with Crippen molar-refractivity contribution < 1.29 is 36.4 Å². The first kappa shape index (κ1) is 23.6. The average molecular weight is 394 g/mol. The first-order valence-corrected chi connectivity index (χ1v) is 6.66. The molecule has 0 saturated heterocycles. The third-order valence-corrected chi connectivity index (χ3v) is 0. The van der Waals surface area contributed by atoms with Gasteiger partial charge in [0.15, 0.2) is 0 Å². The van der Waals surface area contributed by atoms with Gasteiger partial charge in [-0.1, -0.05) is 13.8 Å². The molecular weight excluding hydrogens is 380 g/mol. The van der Waals surface area contributed by atoms with Crippen LogP contribution in [0.5, 0.6) is 0 Å². The molecule has 12 heavy (non-hydrogen) atoms. The minimum atomic E-state index is 0.917. The second-order valence-corrected chi connectivity index (χ2v) is 1.91. The van der Waals surface area contributed by atoms with Crippen molar-refractivity contribution in [3.05, 3.63) is 39.5 Å². The molecule has 0 aliphatic carbocycles. The first-order chi connectivity index (χ1) is 5.46. The van der Waals surface area contributed by atoms with Crippen LogP contribution < -0.4 is 0 Å². The van der Waals surface area contributed by atoms with Crippen molar-refractivity contribution in [1.82, 2.24) is 0 Å². The Labute approximate surface area is 108 Å². The monoisotopic (exact) mass is 392 g/mol. The Morgan fingerprint density at radius 1 is 0.750 bits per heavy atom. The van der Waals surface area contributed by atoms with Crippen LogP contribution in [0.25, 0.3) is 0 Å². The quantitative estimate of drug-likeness (QED) is 0.548. The molecule has 0 aliphatic rings. The van der Waals surface area contributed by atoms with E-state index < -0.39 is 0 Å². The van der Waals surface area contributed by atoms with Gasteiger partial charge in [-0.05, 0) is 39.5 Å². The fourth-order valence-corrected chi connectivity index (χ4v) is 0. The molecule has 0 bridgehead atoms. The van der Waals surface area contributed by atoms with Crippen molar-refractivity contribution in [2.45, 2.75) is 13.8 Å². The molecule has 0 nitrogen and oxygen atoms in total. The zero-order valence-electron chi connectivity index (χ0n) is 7.22. The van der Waals surface area contributed by atoms with Gasteiger partial charge < -0.3 is 0 Å². The molecule has 0 aromatic carbocycles. The summed E-state index contributed by atoms with van der Waals surface area (Å²) in [7, 11) is 8.98. The van der Waals surface area contributed by atoms with E-state index in [0.717, 1.165) is 11.8 Å². The van der Waals surface area contributed by atoms with Gasteiger partial charge in [-0.25, -0.2) is 0 Å². The zero-order valence-corrected chi connectivity index (χ0v) is 11.8. The van der Waals surface area contributed by atoms with Gasteiger partial charge >= 0.3 is 55.4 Å². The Balaban J connectivity index is -0.0000000380. The van der Waals surface area contributed by atoms with E-state index >= 15 is 0 Å². The summed E-state index contributed by atoms with van der Waals surface area (Å²) >= 11 is 4.44. The molecule has 0 atom stereocenters. The number of rotatable bonds is 0. The maximum atomic E-state index is 4.49. The van der Waals surface area contributed by atoms with Gasteiger partial charge in [-0.2, -0.15) is 0 Å². The Kier molecular flexibility index (Phi) is 57.6. The van der Waals surface area contributed by atoms with E-state index in [1.54, 1.807) is 0 Å². The van der Waals surface area contributed by atoms with Crippen LogP contribution in [0.4, 0.5) is 0 Å². The molecule has 0 aromatic rings. The van der Waals surface area contributed by atoms with E-state index in [1.165, 1.54) is 0 Å². The summed E-state index contributed by atoms with van der Waals surface area (Å²) in [6, 6.07) is 0. The van der Waals surface area contributed by atoms with E-state index in [2.05, 4.69) is 83.1 Å². The van der Waals surface area contributed by atoms with Crippen LogP contribution >= 0.6 is 19.1 Å². The molecule has 0 saturated carbocycles. The van der Waals surface area contributed by atoms with Crippen LogP contribution in [0.15, 0.2) is 0 Å². The number of halogens is 2. The van der Waals surface area contributed by atoms with Gasteiger partial charge in [0, 0.05) is 0 Å². The van der Waals surface area contributed by atoms with Gasteiger partial charge in [0.1, 0.15) is 0 Å². The topological polar surface area (TPSA) is 0 Å². The summed E-state index contributed by atoms with van der Waals surface area (Å²) in [6.07, 6.45) is 0. The van der Waals surface area contributed by atoms with Crippen molar-refractivity contribution in [2.24, 2.45) is 0 Å². The summed E-state index contributed by atoms with van der Waals surface area (Å²) in [5.74, 6) is 1.83. The van der Waals surface area contributed by atoms with E-state index in [1.807, 2.05) is 13.8 Å². The Morgan fingerprint density at radius 3 is 0.750 bits per heavy atom. The van der Waals surface area contributed by atoms with E-state index in [0.29, 0.717) is 0 Å². The van der Waals surface area contributed by atoms with Crippen LogP contribution in [0.2, 0.25) is 0 Å². The predicted molar refractivity (Wildman–Crippen MR) is 51.0 cm³/mol. The van der Waals surface area contributed by atoms with E-state index in [-0.39, 0.29) is 0 Å². The molecule has 6 radical (unpaired) electrons. The minimum absolute atomic E-state index is 0.917. The molecule has 4 heteroatoms. The van der Waals surface area contributed by atoms with Gasteiger partial charge in [-0.15, -0.1) is 0 Å². The summed E-state index contributed by atoms with van der Waals surface area (Å²) in [6.45, 7) is 17.5. The Morgan fingerprint density at radius 2 is 0.750 bits per heavy atom. The molecular formula is C8H14Cl2Pd2+2. The fraction of sp³-hybridized carbons (Fsp3) is 0.250. The van der Waals surface area contributed by atoms with Gasteiger partial charge in [-0.3, -0.25) is 0 Å². The molecule has 0 amide bonds. The SMILES string of the molecule is [CH2][C]([CH2])C.[CH2][C]([CH2])C.[Cl][Pd+].[Cl][Pd+]. The number of hydrogen-bond acceptors (Lipinski definition) is 0.